The van der Waals surface area contributed by atoms with E-state index in [1.54, 1.807) is 26.5 Å². The third-order valence-corrected chi connectivity index (χ3v) is 5.74. The summed E-state index contributed by atoms with van der Waals surface area (Å²) in [5.74, 6) is 2.11. The van der Waals surface area contributed by atoms with Crippen LogP contribution in [0.3, 0.4) is 0 Å². The van der Waals surface area contributed by atoms with Crippen LogP contribution in [0.4, 0.5) is 5.69 Å². The van der Waals surface area contributed by atoms with Crippen LogP contribution in [0.1, 0.15) is 5.82 Å². The van der Waals surface area contributed by atoms with Gasteiger partial charge in [-0.2, -0.15) is 0 Å². The highest BCUT2D eigenvalue weighted by Crippen LogP contribution is 2.38. The zero-order valence-electron chi connectivity index (χ0n) is 18.2. The molecule has 0 bridgehead atoms. The van der Waals surface area contributed by atoms with Crippen molar-refractivity contribution in [2.75, 3.05) is 19.5 Å². The molecule has 3 heterocycles. The molecule has 7 nitrogen and oxygen atoms in total. The molecule has 2 aromatic carbocycles. The van der Waals surface area contributed by atoms with Crippen LogP contribution in [0.5, 0.6) is 11.5 Å². The van der Waals surface area contributed by atoms with E-state index < -0.39 is 0 Å². The van der Waals surface area contributed by atoms with E-state index in [9.17, 15) is 0 Å². The molecule has 2 N–H and O–H groups in total. The van der Waals surface area contributed by atoms with Gasteiger partial charge in [0.2, 0.25) is 0 Å². The molecule has 0 saturated heterocycles. The fourth-order valence-corrected chi connectivity index (χ4v) is 3.95. The first kappa shape index (κ1) is 20.9. The number of pyridine rings is 1. The summed E-state index contributed by atoms with van der Waals surface area (Å²) in [6.07, 6.45) is 7.52. The zero-order valence-corrected chi connectivity index (χ0v) is 18.9. The Morgan fingerprint density at radius 1 is 1.00 bits per heavy atom. The van der Waals surface area contributed by atoms with Crippen LogP contribution < -0.4 is 14.8 Å². The van der Waals surface area contributed by atoms with E-state index in [1.165, 1.54) is 0 Å². The normalized spacial score (nSPS) is 11.0. The number of hydrogen-bond donors (Lipinski definition) is 2. The molecule has 0 saturated carbocycles. The molecule has 33 heavy (non-hydrogen) atoms. The summed E-state index contributed by atoms with van der Waals surface area (Å²) in [6.45, 7) is 0.647. The Balaban J connectivity index is 1.41. The van der Waals surface area contributed by atoms with Crippen LogP contribution in [0.15, 0.2) is 73.3 Å². The molecule has 8 heteroatoms. The van der Waals surface area contributed by atoms with Gasteiger partial charge in [-0.1, -0.05) is 23.7 Å². The third kappa shape index (κ3) is 4.23. The lowest BCUT2D eigenvalue weighted by molar-refractivity contribution is 0.395. The number of aromatic amines is 1. The molecule has 0 aliphatic carbocycles. The highest BCUT2D eigenvalue weighted by molar-refractivity contribution is 6.32. The van der Waals surface area contributed by atoms with Crippen molar-refractivity contribution in [3.05, 3.63) is 84.2 Å². The van der Waals surface area contributed by atoms with Gasteiger partial charge in [0, 0.05) is 42.1 Å². The van der Waals surface area contributed by atoms with Gasteiger partial charge < -0.3 is 24.2 Å². The van der Waals surface area contributed by atoms with Crippen LogP contribution >= 0.6 is 11.6 Å². The highest BCUT2D eigenvalue weighted by atomic mass is 35.5. The van der Waals surface area contributed by atoms with Crippen LogP contribution in [0.25, 0.3) is 28.0 Å². The lowest BCUT2D eigenvalue weighted by Gasteiger charge is -2.10. The Hall–Kier alpha value is -3.97. The van der Waals surface area contributed by atoms with Crippen LogP contribution in [0, 0.1) is 0 Å². The van der Waals surface area contributed by atoms with Crippen LogP contribution in [-0.4, -0.2) is 33.6 Å². The van der Waals surface area contributed by atoms with Gasteiger partial charge in [-0.05, 0) is 41.5 Å². The number of anilines is 1. The van der Waals surface area contributed by atoms with Gasteiger partial charge in [0.1, 0.15) is 23.0 Å². The monoisotopic (exact) mass is 459 g/mol. The Labute approximate surface area is 196 Å². The number of benzene rings is 2. The van der Waals surface area contributed by atoms with Gasteiger partial charge in [0.05, 0.1) is 31.5 Å². The second-order valence-electron chi connectivity index (χ2n) is 7.46. The van der Waals surface area contributed by atoms with Gasteiger partial charge in [0.25, 0.3) is 0 Å². The number of imidazole rings is 2. The Kier molecular flexibility index (Phi) is 5.62. The van der Waals surface area contributed by atoms with Gasteiger partial charge in [-0.3, -0.25) is 0 Å². The summed E-state index contributed by atoms with van der Waals surface area (Å²) < 4.78 is 12.8. The average Bonchev–Trinajstić information content (AvgIpc) is 3.52. The summed E-state index contributed by atoms with van der Waals surface area (Å²) >= 11 is 6.35. The van der Waals surface area contributed by atoms with Crippen molar-refractivity contribution < 1.29 is 9.47 Å². The molecule has 0 spiro atoms. The summed E-state index contributed by atoms with van der Waals surface area (Å²) in [6, 6.07) is 16.0. The summed E-state index contributed by atoms with van der Waals surface area (Å²) in [5.41, 5.74) is 5.62. The SMILES string of the molecule is COc1cc(OC)c(-c2cn3ccc(-c4ccc(NCc5ncc[nH]5)cc4)cc3n2)cc1Cl. The maximum atomic E-state index is 6.35. The second-order valence-corrected chi connectivity index (χ2v) is 7.87. The fourth-order valence-electron chi connectivity index (χ4n) is 3.71. The van der Waals surface area contributed by atoms with Crippen molar-refractivity contribution >= 4 is 22.9 Å². The van der Waals surface area contributed by atoms with Crippen molar-refractivity contribution in [3.63, 3.8) is 0 Å². The third-order valence-electron chi connectivity index (χ3n) is 5.44. The van der Waals surface area contributed by atoms with Crippen LogP contribution in [0.2, 0.25) is 5.02 Å². The number of ether oxygens (including phenoxy) is 2. The van der Waals surface area contributed by atoms with E-state index in [1.807, 2.05) is 29.1 Å². The first-order valence-corrected chi connectivity index (χ1v) is 10.8. The quantitative estimate of drug-likeness (QED) is 0.327. The standard InChI is InChI=1S/C25H22ClN5O2/c1-32-22-13-23(33-2)20(26)12-19(22)21-15-31-10-7-17(11-25(31)30-21)16-3-5-18(6-4-16)29-14-24-27-8-9-28-24/h3-13,15,29H,14H2,1-2H3,(H,27,28). The number of halogens is 1. The maximum absolute atomic E-state index is 6.35. The van der Waals surface area contributed by atoms with Crippen molar-refractivity contribution in [1.29, 1.82) is 0 Å². The number of methoxy groups -OCH3 is 2. The molecule has 0 unspecified atom stereocenters. The van der Waals surface area contributed by atoms with Gasteiger partial charge in [-0.25, -0.2) is 9.97 Å². The lowest BCUT2D eigenvalue weighted by atomic mass is 10.1. The largest absolute Gasteiger partial charge is 0.496 e. The van der Waals surface area contributed by atoms with E-state index in [0.717, 1.165) is 39.5 Å². The molecule has 0 atom stereocenters. The Morgan fingerprint density at radius 2 is 1.82 bits per heavy atom. The minimum Gasteiger partial charge on any atom is -0.496 e. The first-order valence-electron chi connectivity index (χ1n) is 10.4. The highest BCUT2D eigenvalue weighted by Gasteiger charge is 2.15. The van der Waals surface area contributed by atoms with Gasteiger partial charge in [0.15, 0.2) is 0 Å². The van der Waals surface area contributed by atoms with Gasteiger partial charge in [-0.15, -0.1) is 0 Å². The molecule has 0 fully saturated rings. The van der Waals surface area contributed by atoms with Gasteiger partial charge >= 0.3 is 0 Å². The predicted octanol–water partition coefficient (Wildman–Crippen LogP) is 5.67. The topological polar surface area (TPSA) is 76.5 Å². The number of rotatable bonds is 7. The zero-order chi connectivity index (χ0) is 22.8. The molecule has 5 aromatic rings. The van der Waals surface area contributed by atoms with Crippen molar-refractivity contribution in [1.82, 2.24) is 19.4 Å². The molecule has 3 aromatic heterocycles. The molecule has 166 valence electrons. The number of hydrogen-bond acceptors (Lipinski definition) is 5. The number of nitrogens with one attached hydrogen (secondary N) is 2. The molecule has 0 aliphatic heterocycles. The summed E-state index contributed by atoms with van der Waals surface area (Å²) in [7, 11) is 3.20. The summed E-state index contributed by atoms with van der Waals surface area (Å²) in [5, 5.41) is 3.86. The van der Waals surface area contributed by atoms with Crippen LogP contribution in [-0.2, 0) is 6.54 Å². The predicted molar refractivity (Wildman–Crippen MR) is 130 cm³/mol. The average molecular weight is 460 g/mol. The molecule has 5 rings (SSSR count). The summed E-state index contributed by atoms with van der Waals surface area (Å²) in [4.78, 5) is 12.1. The van der Waals surface area contributed by atoms with E-state index in [4.69, 9.17) is 26.1 Å². The molecule has 0 aliphatic rings. The van der Waals surface area contributed by atoms with Crippen molar-refractivity contribution in [2.45, 2.75) is 6.54 Å². The first-order chi connectivity index (χ1) is 16.1. The Morgan fingerprint density at radius 3 is 2.55 bits per heavy atom. The Bertz CT molecular complexity index is 1390. The number of fused-ring (bicyclic) bond motifs is 1. The second kappa shape index (κ2) is 8.88. The smallest absolute Gasteiger partial charge is 0.141 e. The number of H-pyrrole nitrogens is 1. The molecule has 0 amide bonds. The van der Waals surface area contributed by atoms with E-state index in [0.29, 0.717) is 23.1 Å². The number of aromatic nitrogens is 4. The fraction of sp³-hybridized carbons (Fsp3) is 0.120. The minimum absolute atomic E-state index is 0.506. The molecular weight excluding hydrogens is 438 g/mol. The minimum atomic E-state index is 0.506. The molecular formula is C25H22ClN5O2. The number of nitrogens with zero attached hydrogens (tertiary/aromatic N) is 3. The van der Waals surface area contributed by atoms with E-state index in [2.05, 4.69) is 51.7 Å². The van der Waals surface area contributed by atoms with E-state index >= 15 is 0 Å². The maximum Gasteiger partial charge on any atom is 0.141 e. The molecule has 0 radical (unpaired) electrons. The van der Waals surface area contributed by atoms with Crippen molar-refractivity contribution in [2.24, 2.45) is 0 Å². The van der Waals surface area contributed by atoms with Crippen molar-refractivity contribution in [3.8, 4) is 33.9 Å². The van der Waals surface area contributed by atoms with E-state index in [-0.39, 0.29) is 0 Å². The lowest BCUT2D eigenvalue weighted by Crippen LogP contribution is -2.00.